The number of aliphatic imine (C=N–C) groups is 1. The van der Waals surface area contributed by atoms with Crippen LogP contribution in [0.5, 0.6) is 0 Å². The van der Waals surface area contributed by atoms with Gasteiger partial charge in [-0.2, -0.15) is 0 Å². The van der Waals surface area contributed by atoms with E-state index in [-0.39, 0.29) is 18.1 Å². The lowest BCUT2D eigenvalue weighted by Gasteiger charge is -2.26. The molecule has 7 heteroatoms. The van der Waals surface area contributed by atoms with E-state index in [0.717, 1.165) is 24.1 Å². The zero-order valence-corrected chi connectivity index (χ0v) is 26.5. The minimum atomic E-state index is -0.420. The summed E-state index contributed by atoms with van der Waals surface area (Å²) in [6.07, 6.45) is 0.138. The summed E-state index contributed by atoms with van der Waals surface area (Å²) in [5, 5.41) is 22.7. The van der Waals surface area contributed by atoms with E-state index in [0.29, 0.717) is 5.96 Å². The van der Waals surface area contributed by atoms with Gasteiger partial charge in [0, 0.05) is 17.8 Å². The Labute approximate surface area is 262 Å². The normalized spacial score (nSPS) is 17.6. The van der Waals surface area contributed by atoms with Gasteiger partial charge in [0.1, 0.15) is 0 Å². The van der Waals surface area contributed by atoms with E-state index in [2.05, 4.69) is 63.7 Å². The van der Waals surface area contributed by atoms with E-state index >= 15 is 0 Å². The Balaban J connectivity index is 0.000000157. The molecular weight excluding hydrogens is 546 g/mol. The summed E-state index contributed by atoms with van der Waals surface area (Å²) in [4.78, 5) is 8.63. The number of hydrogen-bond donors (Lipinski definition) is 4. The predicted octanol–water partition coefficient (Wildman–Crippen LogP) is 5.46. The second kappa shape index (κ2) is 15.6. The number of rotatable bonds is 6. The Morgan fingerprint density at radius 2 is 1.30 bits per heavy atom. The molecule has 4 aromatic carbocycles. The molecule has 4 aromatic rings. The molecule has 7 nitrogen and oxygen atoms in total. The van der Waals surface area contributed by atoms with Crippen molar-refractivity contribution in [1.82, 2.24) is 10.2 Å². The monoisotopic (exact) mass is 593 g/mol. The van der Waals surface area contributed by atoms with Crippen LogP contribution in [-0.2, 0) is 6.42 Å². The smallest absolute Gasteiger partial charge is 0.196 e. The molecule has 6 rings (SSSR count). The third-order valence-electron chi connectivity index (χ3n) is 8.51. The summed E-state index contributed by atoms with van der Waals surface area (Å²) < 4.78 is 0. The average Bonchev–Trinajstić information content (AvgIpc) is 3.38. The highest BCUT2D eigenvalue weighted by atomic mass is 16.3. The second-order valence-corrected chi connectivity index (χ2v) is 11.6. The number of anilines is 1. The lowest BCUT2D eigenvalue weighted by molar-refractivity contribution is 0.0858. The SMILES string of the molecule is CC([C@H](O)c1ccccc1)N(C)C.CN[C@@H](C)[C@@H](O)c1ccccc1.NC1=NCC2c3ccccc3Cc3ccccc3N12. The Kier molecular flexibility index (Phi) is 11.7. The second-order valence-electron chi connectivity index (χ2n) is 11.6. The van der Waals surface area contributed by atoms with Gasteiger partial charge in [-0.15, -0.1) is 0 Å². The zero-order valence-electron chi connectivity index (χ0n) is 26.5. The third kappa shape index (κ3) is 7.92. The van der Waals surface area contributed by atoms with Crippen molar-refractivity contribution in [2.75, 3.05) is 32.6 Å². The largest absolute Gasteiger partial charge is 0.387 e. The number of nitrogens with zero attached hydrogens (tertiary/aromatic N) is 3. The number of nitrogens with one attached hydrogen (secondary N) is 1. The van der Waals surface area contributed by atoms with Crippen molar-refractivity contribution in [3.05, 3.63) is 137 Å². The van der Waals surface area contributed by atoms with Crippen molar-refractivity contribution < 1.29 is 10.2 Å². The van der Waals surface area contributed by atoms with E-state index in [9.17, 15) is 10.2 Å². The van der Waals surface area contributed by atoms with Gasteiger partial charge in [-0.05, 0) is 75.3 Å². The van der Waals surface area contributed by atoms with Gasteiger partial charge in [0.2, 0.25) is 0 Å². The fourth-order valence-electron chi connectivity index (χ4n) is 5.45. The van der Waals surface area contributed by atoms with Gasteiger partial charge < -0.3 is 31.1 Å². The molecule has 2 aliphatic heterocycles. The molecule has 0 radical (unpaired) electrons. The molecule has 5 N–H and O–H groups in total. The van der Waals surface area contributed by atoms with E-state index in [1.54, 1.807) is 0 Å². The number of para-hydroxylation sites is 1. The van der Waals surface area contributed by atoms with Crippen molar-refractivity contribution in [2.24, 2.45) is 10.7 Å². The van der Waals surface area contributed by atoms with Crippen LogP contribution in [0.2, 0.25) is 0 Å². The maximum atomic E-state index is 9.92. The van der Waals surface area contributed by atoms with Crippen LogP contribution < -0.4 is 16.0 Å². The maximum absolute atomic E-state index is 9.92. The lowest BCUT2D eigenvalue weighted by Crippen LogP contribution is -2.36. The Morgan fingerprint density at radius 3 is 1.89 bits per heavy atom. The van der Waals surface area contributed by atoms with Gasteiger partial charge in [-0.25, -0.2) is 0 Å². The third-order valence-corrected chi connectivity index (χ3v) is 8.51. The highest BCUT2D eigenvalue weighted by Crippen LogP contribution is 2.39. The summed E-state index contributed by atoms with van der Waals surface area (Å²) in [5.74, 6) is 0.633. The first-order valence-electron chi connectivity index (χ1n) is 15.3. The van der Waals surface area contributed by atoms with Gasteiger partial charge in [0.05, 0.1) is 24.8 Å². The molecule has 0 bridgehead atoms. The van der Waals surface area contributed by atoms with Crippen molar-refractivity contribution in [3.8, 4) is 0 Å². The van der Waals surface area contributed by atoms with Gasteiger partial charge in [-0.1, -0.05) is 103 Å². The van der Waals surface area contributed by atoms with Gasteiger partial charge in [0.25, 0.3) is 0 Å². The molecule has 44 heavy (non-hydrogen) atoms. The highest BCUT2D eigenvalue weighted by molar-refractivity contribution is 5.98. The standard InChI is InChI=1S/C16H15N3.C11H17NO.C10H15NO/c17-16-18-10-15-13-7-3-1-5-11(13)9-12-6-2-4-8-14(12)19(15)16;1-9(12(2)3)11(13)10-7-5-4-6-8-10;1-8(11-2)10(12)9-6-4-3-5-7-9/h1-8,15H,9-10H2,(H2,17,18);4-9,11,13H,1-3H3;3-8,10-12H,1-2H3/t;9?,11-;8-,10+/m.00/s1. The minimum absolute atomic E-state index is 0.0902. The fraction of sp³-hybridized carbons (Fsp3) is 0.324. The van der Waals surface area contributed by atoms with Crippen LogP contribution in [0.3, 0.4) is 0 Å². The van der Waals surface area contributed by atoms with Crippen LogP contribution in [0.1, 0.15) is 59.9 Å². The molecule has 2 unspecified atom stereocenters. The van der Waals surface area contributed by atoms with Crippen LogP contribution in [0.15, 0.2) is 114 Å². The first kappa shape index (κ1) is 32.9. The van der Waals surface area contributed by atoms with Crippen molar-refractivity contribution in [2.45, 2.75) is 50.6 Å². The molecule has 2 heterocycles. The summed E-state index contributed by atoms with van der Waals surface area (Å²) in [7, 11) is 5.78. The molecule has 0 saturated carbocycles. The van der Waals surface area contributed by atoms with Gasteiger partial charge in [-0.3, -0.25) is 4.99 Å². The fourth-order valence-corrected chi connectivity index (χ4v) is 5.45. The number of guanidine groups is 1. The number of likely N-dealkylation sites (N-methyl/N-ethyl adjacent to an activating group) is 2. The summed E-state index contributed by atoms with van der Waals surface area (Å²) >= 11 is 0. The predicted molar refractivity (Wildman–Crippen MR) is 182 cm³/mol. The topological polar surface area (TPSA) is 97.3 Å². The molecule has 0 saturated heterocycles. The molecule has 0 spiro atoms. The average molecular weight is 594 g/mol. The molecule has 0 fully saturated rings. The molecule has 2 aliphatic rings. The number of benzene rings is 4. The number of fused-ring (bicyclic) bond motifs is 5. The zero-order chi connectivity index (χ0) is 31.6. The Bertz CT molecular complexity index is 1480. The molecule has 0 amide bonds. The van der Waals surface area contributed by atoms with Crippen LogP contribution in [-0.4, -0.2) is 60.8 Å². The summed E-state index contributed by atoms with van der Waals surface area (Å²) in [5.41, 5.74) is 13.3. The van der Waals surface area contributed by atoms with E-state index in [1.807, 2.05) is 101 Å². The number of nitrogens with two attached hydrogens (primary N) is 1. The first-order valence-corrected chi connectivity index (χ1v) is 15.3. The first-order chi connectivity index (χ1) is 21.2. The molecule has 232 valence electrons. The summed E-state index contributed by atoms with van der Waals surface area (Å²) in [6.45, 7) is 4.71. The van der Waals surface area contributed by atoms with Gasteiger partial charge >= 0.3 is 0 Å². The minimum Gasteiger partial charge on any atom is -0.387 e. The van der Waals surface area contributed by atoms with Crippen LogP contribution in [0.25, 0.3) is 0 Å². The van der Waals surface area contributed by atoms with E-state index in [1.165, 1.54) is 22.4 Å². The molecule has 0 aliphatic carbocycles. The van der Waals surface area contributed by atoms with Crippen molar-refractivity contribution in [1.29, 1.82) is 0 Å². The van der Waals surface area contributed by atoms with Gasteiger partial charge in [0.15, 0.2) is 5.96 Å². The number of aliphatic hydroxyl groups excluding tert-OH is 2. The van der Waals surface area contributed by atoms with Crippen LogP contribution in [0, 0.1) is 0 Å². The lowest BCUT2D eigenvalue weighted by atomic mass is 9.97. The van der Waals surface area contributed by atoms with Crippen LogP contribution >= 0.6 is 0 Å². The van der Waals surface area contributed by atoms with Crippen molar-refractivity contribution >= 4 is 11.6 Å². The quantitative estimate of drug-likeness (QED) is 0.237. The molecular formula is C37H47N5O2. The number of hydrogen-bond acceptors (Lipinski definition) is 7. The highest BCUT2D eigenvalue weighted by Gasteiger charge is 2.33. The van der Waals surface area contributed by atoms with E-state index in [4.69, 9.17) is 5.73 Å². The summed E-state index contributed by atoms with van der Waals surface area (Å²) in [6, 6.07) is 37.0. The van der Waals surface area contributed by atoms with Crippen LogP contribution in [0.4, 0.5) is 5.69 Å². The van der Waals surface area contributed by atoms with Crippen molar-refractivity contribution in [3.63, 3.8) is 0 Å². The Morgan fingerprint density at radius 1 is 0.773 bits per heavy atom. The molecule has 5 atom stereocenters. The molecule has 0 aromatic heterocycles. The number of aliphatic hydroxyl groups is 2. The maximum Gasteiger partial charge on any atom is 0.196 e. The van der Waals surface area contributed by atoms with E-state index < -0.39 is 12.2 Å². The Hall–Kier alpha value is -4.01.